The Morgan fingerprint density at radius 2 is 1.17 bits per heavy atom. The third kappa shape index (κ3) is 7.93. The Morgan fingerprint density at radius 3 is 1.66 bits per heavy atom. The molecule has 4 aromatic rings. The number of aromatic nitrogens is 4. The van der Waals surface area contributed by atoms with Crippen molar-refractivity contribution in [2.24, 2.45) is 11.8 Å². The zero-order valence-electron chi connectivity index (χ0n) is 33.5. The van der Waals surface area contributed by atoms with Crippen molar-refractivity contribution in [2.75, 3.05) is 37.9 Å². The van der Waals surface area contributed by atoms with Crippen LogP contribution >= 0.6 is 0 Å². The Labute approximate surface area is 336 Å². The number of hydrogen-bond acceptors (Lipinski definition) is 10. The molecule has 2 fully saturated rings. The lowest BCUT2D eigenvalue weighted by Crippen LogP contribution is -2.51. The van der Waals surface area contributed by atoms with Crippen molar-refractivity contribution < 1.29 is 33.4 Å². The summed E-state index contributed by atoms with van der Waals surface area (Å²) in [5, 5.41) is 11.8. The van der Waals surface area contributed by atoms with E-state index < -0.39 is 24.3 Å². The molecular formula is C41H50N10O7. The van der Waals surface area contributed by atoms with Crippen LogP contribution in [0.25, 0.3) is 22.5 Å². The summed E-state index contributed by atoms with van der Waals surface area (Å²) in [5.74, 6) is 0.304. The summed E-state index contributed by atoms with van der Waals surface area (Å²) in [5.41, 5.74) is 5.32. The van der Waals surface area contributed by atoms with E-state index in [4.69, 9.17) is 9.47 Å². The highest BCUT2D eigenvalue weighted by Gasteiger charge is 2.39. The zero-order chi connectivity index (χ0) is 41.2. The van der Waals surface area contributed by atoms with Crippen molar-refractivity contribution in [3.8, 4) is 22.5 Å². The van der Waals surface area contributed by atoms with Crippen LogP contribution in [-0.4, -0.2) is 99.0 Å². The minimum atomic E-state index is -0.739. The fraction of sp³-hybridized carbons (Fsp3) is 0.439. The molecule has 0 bridgehead atoms. The van der Waals surface area contributed by atoms with Gasteiger partial charge < -0.3 is 50.5 Å². The summed E-state index contributed by atoms with van der Waals surface area (Å²) in [6.45, 7) is 8.58. The Bertz CT molecular complexity index is 2210. The van der Waals surface area contributed by atoms with Gasteiger partial charge in [-0.3, -0.25) is 14.4 Å². The van der Waals surface area contributed by atoms with E-state index in [1.807, 2.05) is 58.0 Å². The highest BCUT2D eigenvalue weighted by Crippen LogP contribution is 2.38. The molecule has 7 rings (SSSR count). The molecule has 0 aliphatic carbocycles. The van der Waals surface area contributed by atoms with E-state index >= 15 is 0 Å². The molecule has 0 spiro atoms. The van der Waals surface area contributed by atoms with E-state index in [0.717, 1.165) is 36.1 Å². The smallest absolute Gasteiger partial charge is 0.407 e. The number of nitrogens with one attached hydrogen (secondary N) is 6. The second-order valence-corrected chi connectivity index (χ2v) is 15.6. The van der Waals surface area contributed by atoms with Gasteiger partial charge in [-0.05, 0) is 61.8 Å². The first-order valence-electron chi connectivity index (χ1n) is 19.6. The van der Waals surface area contributed by atoms with Gasteiger partial charge in [0, 0.05) is 24.2 Å². The number of H-pyrrole nitrogens is 2. The average molecular weight is 795 g/mol. The van der Waals surface area contributed by atoms with Crippen molar-refractivity contribution in [2.45, 2.75) is 77.5 Å². The number of imidazole rings is 2. The largest absolute Gasteiger partial charge is 0.453 e. The van der Waals surface area contributed by atoms with Crippen molar-refractivity contribution in [1.29, 1.82) is 0 Å². The summed E-state index contributed by atoms with van der Waals surface area (Å²) >= 11 is 0. The highest BCUT2D eigenvalue weighted by atomic mass is 16.5. The Morgan fingerprint density at radius 1 is 0.690 bits per heavy atom. The van der Waals surface area contributed by atoms with E-state index in [1.54, 1.807) is 28.3 Å². The van der Waals surface area contributed by atoms with E-state index in [9.17, 15) is 24.0 Å². The van der Waals surface area contributed by atoms with Crippen molar-refractivity contribution in [3.05, 3.63) is 66.0 Å². The topological polar surface area (TPSA) is 216 Å². The molecule has 5 heterocycles. The first kappa shape index (κ1) is 39.8. The van der Waals surface area contributed by atoms with Gasteiger partial charge in [-0.15, -0.1) is 0 Å². The predicted molar refractivity (Wildman–Crippen MR) is 215 cm³/mol. The maximum atomic E-state index is 13.8. The number of hydrogen-bond donors (Lipinski definition) is 6. The van der Waals surface area contributed by atoms with Gasteiger partial charge in [0.25, 0.3) is 5.91 Å². The molecule has 4 atom stereocenters. The number of benzene rings is 2. The standard InChI is InChI=1S/C41H50N10O7/c1-21(2)33(48-40(55)57-5)38(53)50-15-7-9-31(50)35-42-19-29(45-35)23-11-13-26-25(17-23)37(52)47-28-18-24(12-14-27(28)44-26)30-20-43-36(46-30)32-10-8-16-51(32)39(54)34(22(3)4)49-41(56)58-6/h11-14,17-22,31-34,44H,7-10,15-16H2,1-6H3,(H,42,45)(H,43,46)(H,47,52)(H,48,55)(H,49,56)/t31-,32-,33-,34-/m0/s1. The average Bonchev–Trinajstić information content (AvgIpc) is 4.05. The minimum Gasteiger partial charge on any atom is -0.453 e. The molecule has 6 N–H and O–H groups in total. The lowest BCUT2D eigenvalue weighted by molar-refractivity contribution is -0.136. The SMILES string of the molecule is COC(=O)N[C@H](C(=O)N1CCC[C@H]1c1ncc(-c2ccc3c(c2)NC(=O)c2cc(-c4cnc([C@@H]5CCCN5C(=O)[C@@H](NC(=O)OC)C(C)C)[nH]4)ccc2N3)[nH]1)C(C)C. The maximum Gasteiger partial charge on any atom is 0.407 e. The van der Waals surface area contributed by atoms with Gasteiger partial charge in [0.1, 0.15) is 23.7 Å². The molecule has 3 aliphatic rings. The fourth-order valence-electron chi connectivity index (χ4n) is 7.96. The van der Waals surface area contributed by atoms with Crippen LogP contribution in [-0.2, 0) is 19.1 Å². The summed E-state index contributed by atoms with van der Waals surface area (Å²) in [7, 11) is 2.54. The summed E-state index contributed by atoms with van der Waals surface area (Å²) < 4.78 is 9.51. The lowest BCUT2D eigenvalue weighted by atomic mass is 10.0. The molecule has 0 unspecified atom stereocenters. The van der Waals surface area contributed by atoms with Crippen LogP contribution in [0.4, 0.5) is 26.7 Å². The van der Waals surface area contributed by atoms with Gasteiger partial charge >= 0.3 is 12.2 Å². The van der Waals surface area contributed by atoms with E-state index in [0.29, 0.717) is 59.5 Å². The summed E-state index contributed by atoms with van der Waals surface area (Å²) in [6.07, 6.45) is 5.14. The molecule has 306 valence electrons. The fourth-order valence-corrected chi connectivity index (χ4v) is 7.96. The van der Waals surface area contributed by atoms with Gasteiger partial charge in [-0.2, -0.15) is 0 Å². The molecule has 2 aromatic heterocycles. The number of anilines is 3. The van der Waals surface area contributed by atoms with Gasteiger partial charge in [-0.1, -0.05) is 39.8 Å². The normalized spacial score (nSPS) is 18.4. The van der Waals surface area contributed by atoms with Gasteiger partial charge in [0.2, 0.25) is 11.8 Å². The zero-order valence-corrected chi connectivity index (χ0v) is 33.5. The predicted octanol–water partition coefficient (Wildman–Crippen LogP) is 5.86. The van der Waals surface area contributed by atoms with Crippen molar-refractivity contribution >= 4 is 47.0 Å². The monoisotopic (exact) mass is 794 g/mol. The number of ether oxygens (including phenoxy) is 2. The third-order valence-corrected chi connectivity index (χ3v) is 11.1. The quantitative estimate of drug-likeness (QED) is 0.112. The molecule has 0 saturated carbocycles. The number of amides is 5. The number of likely N-dealkylation sites (tertiary alicyclic amines) is 2. The molecule has 0 radical (unpaired) electrons. The Balaban J connectivity index is 1.06. The van der Waals surface area contributed by atoms with Crippen LogP contribution in [0.1, 0.15) is 87.5 Å². The van der Waals surface area contributed by atoms with E-state index in [2.05, 4.69) is 41.2 Å². The third-order valence-electron chi connectivity index (χ3n) is 11.1. The molecule has 17 nitrogen and oxygen atoms in total. The molecule has 3 aliphatic heterocycles. The number of carbonyl (C=O) groups is 5. The number of nitrogens with zero attached hydrogens (tertiary/aromatic N) is 4. The molecule has 17 heteroatoms. The number of aromatic amines is 2. The van der Waals surface area contributed by atoms with Crippen LogP contribution in [0.5, 0.6) is 0 Å². The van der Waals surface area contributed by atoms with Crippen LogP contribution in [0.2, 0.25) is 0 Å². The minimum absolute atomic E-state index is 0.144. The van der Waals surface area contributed by atoms with E-state index in [1.165, 1.54) is 14.2 Å². The Hall–Kier alpha value is -6.39. The summed E-state index contributed by atoms with van der Waals surface area (Å²) in [6, 6.07) is 9.20. The van der Waals surface area contributed by atoms with Crippen LogP contribution in [0.3, 0.4) is 0 Å². The van der Waals surface area contributed by atoms with E-state index in [-0.39, 0.29) is 41.6 Å². The second kappa shape index (κ2) is 16.6. The first-order valence-corrected chi connectivity index (χ1v) is 19.6. The second-order valence-electron chi connectivity index (χ2n) is 15.6. The molecular weight excluding hydrogens is 745 g/mol. The van der Waals surface area contributed by atoms with Gasteiger partial charge in [0.15, 0.2) is 0 Å². The van der Waals surface area contributed by atoms with Gasteiger partial charge in [0.05, 0.1) is 72.7 Å². The molecule has 58 heavy (non-hydrogen) atoms. The summed E-state index contributed by atoms with van der Waals surface area (Å²) in [4.78, 5) is 84.6. The van der Waals surface area contributed by atoms with Gasteiger partial charge in [-0.25, -0.2) is 19.6 Å². The van der Waals surface area contributed by atoms with Crippen LogP contribution in [0.15, 0.2) is 48.8 Å². The number of carbonyl (C=O) groups excluding carboxylic acids is 5. The first-order chi connectivity index (χ1) is 27.9. The maximum absolute atomic E-state index is 13.8. The number of rotatable bonds is 10. The van der Waals surface area contributed by atoms with Crippen LogP contribution in [0, 0.1) is 11.8 Å². The van der Waals surface area contributed by atoms with Crippen molar-refractivity contribution in [3.63, 3.8) is 0 Å². The lowest BCUT2D eigenvalue weighted by Gasteiger charge is -2.30. The molecule has 2 saturated heterocycles. The highest BCUT2D eigenvalue weighted by molar-refractivity contribution is 6.13. The van der Waals surface area contributed by atoms with Crippen molar-refractivity contribution in [1.82, 2.24) is 40.4 Å². The molecule has 5 amide bonds. The number of fused-ring (bicyclic) bond motifs is 2. The number of methoxy groups -OCH3 is 2. The van der Waals surface area contributed by atoms with Crippen LogP contribution < -0.4 is 21.3 Å². The number of alkyl carbamates (subject to hydrolysis) is 2. The molecule has 2 aromatic carbocycles. The Kier molecular flexibility index (Phi) is 11.4.